The number of aliphatic hydroxyl groups excluding tert-OH is 1. The van der Waals surface area contributed by atoms with Gasteiger partial charge in [-0.15, -0.1) is 5.10 Å². The van der Waals surface area contributed by atoms with Gasteiger partial charge >= 0.3 is 0 Å². The Labute approximate surface area is 108 Å². The number of aryl methyl sites for hydroxylation is 1. The number of likely N-dealkylation sites (tertiary alicyclic amines) is 1. The van der Waals surface area contributed by atoms with Crippen LogP contribution < -0.4 is 0 Å². The fraction of sp³-hybridized carbons (Fsp3) is 0.917. The van der Waals surface area contributed by atoms with Crippen molar-refractivity contribution in [3.8, 4) is 0 Å². The van der Waals surface area contributed by atoms with E-state index < -0.39 is 0 Å². The predicted octanol–water partition coefficient (Wildman–Crippen LogP) is 0.818. The van der Waals surface area contributed by atoms with Gasteiger partial charge < -0.3 is 5.11 Å². The second-order valence-electron chi connectivity index (χ2n) is 5.09. The summed E-state index contributed by atoms with van der Waals surface area (Å²) in [7, 11) is 0. The first-order valence-corrected chi connectivity index (χ1v) is 6.89. The largest absolute Gasteiger partial charge is 0.392 e. The molecule has 1 fully saturated rings. The van der Waals surface area contributed by atoms with Crippen LogP contribution in [0, 0.1) is 0 Å². The number of tetrazole rings is 1. The van der Waals surface area contributed by atoms with E-state index in [4.69, 9.17) is 0 Å². The Balaban J connectivity index is 2.04. The summed E-state index contributed by atoms with van der Waals surface area (Å²) in [6.45, 7) is 6.61. The zero-order chi connectivity index (χ0) is 13.0. The highest BCUT2D eigenvalue weighted by Crippen LogP contribution is 2.21. The third-order valence-corrected chi connectivity index (χ3v) is 3.61. The number of aliphatic hydroxyl groups is 1. The molecule has 1 aromatic heterocycles. The lowest BCUT2D eigenvalue weighted by Gasteiger charge is -2.36. The Morgan fingerprint density at radius 1 is 1.44 bits per heavy atom. The lowest BCUT2D eigenvalue weighted by molar-refractivity contribution is 0.0294. The molecule has 2 unspecified atom stereocenters. The minimum atomic E-state index is -0.291. The quantitative estimate of drug-likeness (QED) is 0.841. The molecule has 2 atom stereocenters. The van der Waals surface area contributed by atoms with Gasteiger partial charge in [-0.2, -0.15) is 0 Å². The van der Waals surface area contributed by atoms with Crippen LogP contribution in [0.15, 0.2) is 0 Å². The fourth-order valence-electron chi connectivity index (χ4n) is 2.66. The molecule has 1 aromatic rings. The van der Waals surface area contributed by atoms with E-state index in [9.17, 15) is 5.11 Å². The van der Waals surface area contributed by atoms with Crippen molar-refractivity contribution in [2.45, 2.75) is 64.8 Å². The maximum Gasteiger partial charge on any atom is 0.165 e. The van der Waals surface area contributed by atoms with Gasteiger partial charge in [0, 0.05) is 12.6 Å². The zero-order valence-corrected chi connectivity index (χ0v) is 11.3. The molecule has 0 bridgehead atoms. The standard InChI is InChI=1S/C12H23N5O/c1-3-7-17-12(13-14-15-17)9-16-8-5-4-6-11(16)10(2)18/h10-11,18H,3-9H2,1-2H3. The molecule has 1 aliphatic heterocycles. The van der Waals surface area contributed by atoms with Crippen LogP contribution in [0.4, 0.5) is 0 Å². The molecule has 6 heteroatoms. The topological polar surface area (TPSA) is 67.1 Å². The monoisotopic (exact) mass is 253 g/mol. The van der Waals surface area contributed by atoms with E-state index in [1.807, 2.05) is 11.6 Å². The van der Waals surface area contributed by atoms with Crippen molar-refractivity contribution < 1.29 is 5.11 Å². The van der Waals surface area contributed by atoms with Gasteiger partial charge in [-0.1, -0.05) is 13.3 Å². The molecule has 1 N–H and O–H groups in total. The van der Waals surface area contributed by atoms with E-state index in [1.165, 1.54) is 12.8 Å². The molecule has 2 rings (SSSR count). The van der Waals surface area contributed by atoms with Crippen LogP contribution in [-0.2, 0) is 13.1 Å². The first-order valence-electron chi connectivity index (χ1n) is 6.89. The lowest BCUT2D eigenvalue weighted by Crippen LogP contribution is -2.45. The SMILES string of the molecule is CCCn1nnnc1CN1CCCCC1C(C)O. The van der Waals surface area contributed by atoms with Crippen molar-refractivity contribution in [2.24, 2.45) is 0 Å². The molecule has 18 heavy (non-hydrogen) atoms. The summed E-state index contributed by atoms with van der Waals surface area (Å²) in [4.78, 5) is 2.31. The van der Waals surface area contributed by atoms with Gasteiger partial charge in [0.05, 0.1) is 12.6 Å². The summed E-state index contributed by atoms with van der Waals surface area (Å²) in [5, 5.41) is 21.7. The Kier molecular flexibility index (Phi) is 4.66. The van der Waals surface area contributed by atoms with Crippen molar-refractivity contribution in [3.05, 3.63) is 5.82 Å². The summed E-state index contributed by atoms with van der Waals surface area (Å²) in [6.07, 6.45) is 4.19. The molecule has 2 heterocycles. The first-order chi connectivity index (χ1) is 8.72. The highest BCUT2D eigenvalue weighted by Gasteiger charge is 2.27. The summed E-state index contributed by atoms with van der Waals surface area (Å²) in [6, 6.07) is 0.241. The fourth-order valence-corrected chi connectivity index (χ4v) is 2.66. The van der Waals surface area contributed by atoms with Gasteiger partial charge in [0.25, 0.3) is 0 Å². The third-order valence-electron chi connectivity index (χ3n) is 3.61. The van der Waals surface area contributed by atoms with E-state index in [-0.39, 0.29) is 12.1 Å². The predicted molar refractivity (Wildman–Crippen MR) is 67.8 cm³/mol. The Bertz CT molecular complexity index is 365. The molecule has 0 radical (unpaired) electrons. The molecule has 1 aliphatic rings. The average molecular weight is 253 g/mol. The summed E-state index contributed by atoms with van der Waals surface area (Å²) in [5.41, 5.74) is 0. The van der Waals surface area contributed by atoms with E-state index in [2.05, 4.69) is 27.3 Å². The first kappa shape index (κ1) is 13.4. The normalized spacial score (nSPS) is 23.2. The summed E-state index contributed by atoms with van der Waals surface area (Å²) in [5.74, 6) is 0.907. The highest BCUT2D eigenvalue weighted by molar-refractivity contribution is 4.87. The van der Waals surface area contributed by atoms with Crippen LogP contribution in [0.3, 0.4) is 0 Å². The number of rotatable bonds is 5. The van der Waals surface area contributed by atoms with E-state index in [0.29, 0.717) is 0 Å². The van der Waals surface area contributed by atoms with Crippen molar-refractivity contribution in [1.82, 2.24) is 25.1 Å². The van der Waals surface area contributed by atoms with Crippen LogP contribution in [-0.4, -0.2) is 48.9 Å². The second-order valence-corrected chi connectivity index (χ2v) is 5.09. The van der Waals surface area contributed by atoms with Crippen molar-refractivity contribution in [3.63, 3.8) is 0 Å². The Morgan fingerprint density at radius 3 is 3.00 bits per heavy atom. The maximum atomic E-state index is 9.85. The second kappa shape index (κ2) is 6.24. The minimum absolute atomic E-state index is 0.241. The number of aromatic nitrogens is 4. The average Bonchev–Trinajstić information content (AvgIpc) is 2.78. The van der Waals surface area contributed by atoms with Crippen LogP contribution >= 0.6 is 0 Å². The minimum Gasteiger partial charge on any atom is -0.392 e. The molecule has 1 saturated heterocycles. The lowest BCUT2D eigenvalue weighted by atomic mass is 9.98. The smallest absolute Gasteiger partial charge is 0.165 e. The van der Waals surface area contributed by atoms with Crippen LogP contribution in [0.2, 0.25) is 0 Å². The number of hydrogen-bond acceptors (Lipinski definition) is 5. The summed E-state index contributed by atoms with van der Waals surface area (Å²) < 4.78 is 1.87. The van der Waals surface area contributed by atoms with Gasteiger partial charge in [0.15, 0.2) is 5.82 Å². The summed E-state index contributed by atoms with van der Waals surface area (Å²) >= 11 is 0. The molecule has 0 aliphatic carbocycles. The molecule has 6 nitrogen and oxygen atoms in total. The highest BCUT2D eigenvalue weighted by atomic mass is 16.3. The van der Waals surface area contributed by atoms with Crippen LogP contribution in [0.25, 0.3) is 0 Å². The molecule has 0 amide bonds. The van der Waals surface area contributed by atoms with Crippen molar-refractivity contribution in [2.75, 3.05) is 6.54 Å². The number of hydrogen-bond donors (Lipinski definition) is 1. The zero-order valence-electron chi connectivity index (χ0n) is 11.3. The molecular weight excluding hydrogens is 230 g/mol. The van der Waals surface area contributed by atoms with E-state index in [0.717, 1.165) is 38.3 Å². The Hall–Kier alpha value is -1.01. The van der Waals surface area contributed by atoms with E-state index in [1.54, 1.807) is 0 Å². The molecular formula is C12H23N5O. The third kappa shape index (κ3) is 3.05. The van der Waals surface area contributed by atoms with Crippen LogP contribution in [0.5, 0.6) is 0 Å². The number of piperidine rings is 1. The van der Waals surface area contributed by atoms with Crippen molar-refractivity contribution in [1.29, 1.82) is 0 Å². The van der Waals surface area contributed by atoms with Gasteiger partial charge in [-0.3, -0.25) is 4.90 Å². The van der Waals surface area contributed by atoms with Gasteiger partial charge in [-0.05, 0) is 43.2 Å². The molecule has 102 valence electrons. The molecule has 0 spiro atoms. The van der Waals surface area contributed by atoms with Gasteiger partial charge in [0.1, 0.15) is 0 Å². The Morgan fingerprint density at radius 2 is 2.28 bits per heavy atom. The number of nitrogens with zero attached hydrogens (tertiary/aromatic N) is 5. The van der Waals surface area contributed by atoms with Gasteiger partial charge in [-0.25, -0.2) is 4.68 Å². The maximum absolute atomic E-state index is 9.85. The molecule has 0 saturated carbocycles. The van der Waals surface area contributed by atoms with E-state index >= 15 is 0 Å². The van der Waals surface area contributed by atoms with Crippen LogP contribution in [0.1, 0.15) is 45.4 Å². The van der Waals surface area contributed by atoms with Crippen molar-refractivity contribution >= 4 is 0 Å². The van der Waals surface area contributed by atoms with Gasteiger partial charge in [0.2, 0.25) is 0 Å². The molecule has 0 aromatic carbocycles.